The standard InChI is InChI=1S/C4H11NO4S2/c5-1-2-9-3-4-10-11(6,7)8/h1-5H2,(H,6,7,8). The van der Waals surface area contributed by atoms with Crippen molar-refractivity contribution in [1.29, 1.82) is 0 Å². The van der Waals surface area contributed by atoms with Crippen molar-refractivity contribution in [3.63, 3.8) is 0 Å². The maximum atomic E-state index is 10.1. The van der Waals surface area contributed by atoms with Crippen molar-refractivity contribution in [2.45, 2.75) is 0 Å². The lowest BCUT2D eigenvalue weighted by atomic mass is 10.7. The molecule has 0 aromatic carbocycles. The van der Waals surface area contributed by atoms with Gasteiger partial charge in [-0.15, -0.1) is 0 Å². The van der Waals surface area contributed by atoms with Gasteiger partial charge >= 0.3 is 9.15 Å². The second-order valence-corrected chi connectivity index (χ2v) is 5.12. The maximum Gasteiger partial charge on any atom is 0.319 e. The molecule has 7 heteroatoms. The van der Waals surface area contributed by atoms with E-state index in [9.17, 15) is 8.42 Å². The van der Waals surface area contributed by atoms with Crippen LogP contribution in [0.15, 0.2) is 0 Å². The molecule has 0 aliphatic rings. The SMILES string of the molecule is NCCOCCSS(=O)(=O)O. The van der Waals surface area contributed by atoms with Crippen molar-refractivity contribution in [3.8, 4) is 0 Å². The Morgan fingerprint density at radius 1 is 1.45 bits per heavy atom. The van der Waals surface area contributed by atoms with Crippen LogP contribution in [0, 0.1) is 0 Å². The molecule has 0 bridgehead atoms. The molecular formula is C4H11NO4S2. The molecule has 0 saturated heterocycles. The number of ether oxygens (including phenoxy) is 1. The summed E-state index contributed by atoms with van der Waals surface area (Å²) in [6, 6.07) is 0. The molecule has 0 rings (SSSR count). The first-order valence-corrected chi connectivity index (χ1v) is 5.90. The Morgan fingerprint density at radius 2 is 2.09 bits per heavy atom. The van der Waals surface area contributed by atoms with Crippen LogP contribution >= 0.6 is 10.8 Å². The van der Waals surface area contributed by atoms with Crippen LogP contribution < -0.4 is 5.73 Å². The van der Waals surface area contributed by atoms with E-state index in [2.05, 4.69) is 0 Å². The average Bonchev–Trinajstić information content (AvgIpc) is 1.85. The van der Waals surface area contributed by atoms with Gasteiger partial charge in [0.1, 0.15) is 0 Å². The van der Waals surface area contributed by atoms with Gasteiger partial charge in [0.05, 0.1) is 13.2 Å². The highest BCUT2D eigenvalue weighted by molar-refractivity contribution is 8.69. The van der Waals surface area contributed by atoms with E-state index >= 15 is 0 Å². The lowest BCUT2D eigenvalue weighted by Crippen LogP contribution is -2.10. The lowest BCUT2D eigenvalue weighted by Gasteiger charge is -1.99. The third kappa shape index (κ3) is 10.2. The highest BCUT2D eigenvalue weighted by Gasteiger charge is 2.03. The van der Waals surface area contributed by atoms with Gasteiger partial charge in [0.15, 0.2) is 0 Å². The Hall–Kier alpha value is 0.180. The molecule has 0 unspecified atom stereocenters. The van der Waals surface area contributed by atoms with Crippen molar-refractivity contribution in [3.05, 3.63) is 0 Å². The minimum atomic E-state index is -3.91. The van der Waals surface area contributed by atoms with Crippen molar-refractivity contribution < 1.29 is 17.7 Å². The Bertz CT molecular complexity index is 179. The molecule has 3 N–H and O–H groups in total. The van der Waals surface area contributed by atoms with Gasteiger partial charge in [0.25, 0.3) is 0 Å². The molecule has 0 aliphatic heterocycles. The fourth-order valence-corrected chi connectivity index (χ4v) is 1.62. The Kier molecular flexibility index (Phi) is 5.88. The molecule has 0 aromatic heterocycles. The van der Waals surface area contributed by atoms with Gasteiger partial charge in [0, 0.05) is 12.3 Å². The van der Waals surface area contributed by atoms with Crippen LogP contribution in [0.25, 0.3) is 0 Å². The van der Waals surface area contributed by atoms with E-state index in [0.29, 0.717) is 23.9 Å². The molecule has 0 aliphatic carbocycles. The molecule has 11 heavy (non-hydrogen) atoms. The summed E-state index contributed by atoms with van der Waals surface area (Å²) in [5, 5.41) is 0. The van der Waals surface area contributed by atoms with Crippen LogP contribution in [0.3, 0.4) is 0 Å². The smallest absolute Gasteiger partial charge is 0.319 e. The predicted molar refractivity (Wildman–Crippen MR) is 43.9 cm³/mol. The van der Waals surface area contributed by atoms with E-state index in [1.165, 1.54) is 0 Å². The van der Waals surface area contributed by atoms with Crippen molar-refractivity contribution >= 4 is 19.9 Å². The largest absolute Gasteiger partial charge is 0.379 e. The van der Waals surface area contributed by atoms with Crippen LogP contribution in [0.1, 0.15) is 0 Å². The van der Waals surface area contributed by atoms with Crippen LogP contribution in [-0.2, 0) is 13.9 Å². The Balaban J connectivity index is 3.16. The molecule has 68 valence electrons. The molecule has 0 atom stereocenters. The number of hydrogen-bond acceptors (Lipinski definition) is 5. The number of rotatable bonds is 6. The first kappa shape index (κ1) is 11.2. The summed E-state index contributed by atoms with van der Waals surface area (Å²) in [6.07, 6.45) is 0. The summed E-state index contributed by atoms with van der Waals surface area (Å²) >= 11 is 0. The first-order valence-electron chi connectivity index (χ1n) is 2.96. The fraction of sp³-hybridized carbons (Fsp3) is 1.00. The number of hydrogen-bond donors (Lipinski definition) is 2. The fourth-order valence-electron chi connectivity index (χ4n) is 0.384. The normalized spacial score (nSPS) is 11.8. The first-order chi connectivity index (χ1) is 5.06. The molecule has 5 nitrogen and oxygen atoms in total. The lowest BCUT2D eigenvalue weighted by molar-refractivity contribution is 0.158. The minimum absolute atomic E-state index is 0.221. The van der Waals surface area contributed by atoms with Crippen molar-refractivity contribution in [1.82, 2.24) is 0 Å². The Labute approximate surface area is 69.4 Å². The summed E-state index contributed by atoms with van der Waals surface area (Å²) in [5.41, 5.74) is 5.10. The molecule has 0 spiro atoms. The van der Waals surface area contributed by atoms with Gasteiger partial charge in [-0.25, -0.2) is 0 Å². The zero-order valence-electron chi connectivity index (χ0n) is 5.89. The summed E-state index contributed by atoms with van der Waals surface area (Å²) in [6.45, 7) is 1.10. The molecular weight excluding hydrogens is 190 g/mol. The van der Waals surface area contributed by atoms with Gasteiger partial charge in [-0.05, 0) is 10.8 Å². The molecule has 0 heterocycles. The quantitative estimate of drug-likeness (QED) is 0.342. The van der Waals surface area contributed by atoms with Gasteiger partial charge in [-0.1, -0.05) is 0 Å². The van der Waals surface area contributed by atoms with E-state index in [1.54, 1.807) is 0 Å². The second kappa shape index (κ2) is 5.78. The zero-order valence-corrected chi connectivity index (χ0v) is 7.53. The van der Waals surface area contributed by atoms with Crippen molar-refractivity contribution in [2.24, 2.45) is 5.73 Å². The van der Waals surface area contributed by atoms with E-state index < -0.39 is 9.15 Å². The molecule has 0 radical (unpaired) electrons. The van der Waals surface area contributed by atoms with Crippen molar-refractivity contribution in [2.75, 3.05) is 25.5 Å². The third-order valence-electron chi connectivity index (χ3n) is 0.722. The van der Waals surface area contributed by atoms with E-state index in [1.807, 2.05) is 0 Å². The summed E-state index contributed by atoms with van der Waals surface area (Å²) in [4.78, 5) is 0. The highest BCUT2D eigenvalue weighted by atomic mass is 33.1. The second-order valence-electron chi connectivity index (χ2n) is 1.65. The van der Waals surface area contributed by atoms with E-state index in [-0.39, 0.29) is 12.4 Å². The van der Waals surface area contributed by atoms with Crippen LogP contribution in [0.2, 0.25) is 0 Å². The number of nitrogens with two attached hydrogens (primary N) is 1. The van der Waals surface area contributed by atoms with Gasteiger partial charge < -0.3 is 10.5 Å². The third-order valence-corrected chi connectivity index (χ3v) is 2.75. The van der Waals surface area contributed by atoms with Gasteiger partial charge in [-0.2, -0.15) is 8.42 Å². The van der Waals surface area contributed by atoms with Crippen LogP contribution in [0.5, 0.6) is 0 Å². The monoisotopic (exact) mass is 201 g/mol. The molecule has 0 aromatic rings. The highest BCUT2D eigenvalue weighted by Crippen LogP contribution is 2.07. The molecule has 0 saturated carbocycles. The summed E-state index contributed by atoms with van der Waals surface area (Å²) in [5.74, 6) is 0.221. The molecule has 0 amide bonds. The molecule has 0 fully saturated rings. The maximum absolute atomic E-state index is 10.1. The van der Waals surface area contributed by atoms with E-state index in [4.69, 9.17) is 15.0 Å². The summed E-state index contributed by atoms with van der Waals surface area (Å²) < 4.78 is 33.3. The van der Waals surface area contributed by atoms with Crippen LogP contribution in [-0.4, -0.2) is 38.5 Å². The topological polar surface area (TPSA) is 89.6 Å². The minimum Gasteiger partial charge on any atom is -0.379 e. The van der Waals surface area contributed by atoms with Crippen LogP contribution in [0.4, 0.5) is 0 Å². The van der Waals surface area contributed by atoms with E-state index in [0.717, 1.165) is 0 Å². The Morgan fingerprint density at radius 3 is 2.55 bits per heavy atom. The predicted octanol–water partition coefficient (Wildman–Crippen LogP) is -0.502. The van der Waals surface area contributed by atoms with Gasteiger partial charge in [0.2, 0.25) is 0 Å². The zero-order chi connectivity index (χ0) is 8.74. The average molecular weight is 201 g/mol. The summed E-state index contributed by atoms with van der Waals surface area (Å²) in [7, 11) is -3.46. The van der Waals surface area contributed by atoms with Gasteiger partial charge in [-0.3, -0.25) is 4.55 Å².